The van der Waals surface area contributed by atoms with Gasteiger partial charge in [0.25, 0.3) is 5.91 Å². The molecular weight excluding hydrogens is 297 g/mol. The van der Waals surface area contributed by atoms with E-state index in [1.165, 1.54) is 19.2 Å². The Labute approximate surface area is 135 Å². The van der Waals surface area contributed by atoms with Crippen LogP contribution in [0.1, 0.15) is 29.3 Å². The topological polar surface area (TPSA) is 47.6 Å². The second-order valence-corrected chi connectivity index (χ2v) is 5.04. The summed E-state index contributed by atoms with van der Waals surface area (Å²) in [5, 5.41) is 2.81. The molecule has 0 heterocycles. The van der Waals surface area contributed by atoms with Crippen molar-refractivity contribution in [2.24, 2.45) is 0 Å². The molecule has 2 aromatic carbocycles. The molecule has 5 heteroatoms. The van der Waals surface area contributed by atoms with Gasteiger partial charge in [-0.15, -0.1) is 0 Å². The predicted molar refractivity (Wildman–Crippen MR) is 86.4 cm³/mol. The normalized spacial score (nSPS) is 10.2. The van der Waals surface area contributed by atoms with Crippen LogP contribution in [-0.4, -0.2) is 19.6 Å². The number of rotatable bonds is 7. The minimum Gasteiger partial charge on any atom is -0.493 e. The molecule has 0 aliphatic carbocycles. The van der Waals surface area contributed by atoms with E-state index in [4.69, 9.17) is 9.47 Å². The van der Waals surface area contributed by atoms with Crippen LogP contribution in [-0.2, 0) is 6.61 Å². The lowest BCUT2D eigenvalue weighted by Gasteiger charge is -2.12. The highest BCUT2D eigenvalue weighted by atomic mass is 19.1. The Hall–Kier alpha value is -2.56. The SMILES string of the molecule is CCCNC(=O)c1ccc(OCc2cccc(F)c2)c(OC)c1. The molecular formula is C18H20FNO3. The van der Waals surface area contributed by atoms with Crippen molar-refractivity contribution in [2.75, 3.05) is 13.7 Å². The molecule has 122 valence electrons. The van der Waals surface area contributed by atoms with Crippen molar-refractivity contribution < 1.29 is 18.7 Å². The zero-order chi connectivity index (χ0) is 16.7. The maximum Gasteiger partial charge on any atom is 0.251 e. The maximum atomic E-state index is 13.2. The Morgan fingerprint density at radius 2 is 2.00 bits per heavy atom. The summed E-state index contributed by atoms with van der Waals surface area (Å²) >= 11 is 0. The van der Waals surface area contributed by atoms with Crippen LogP contribution >= 0.6 is 0 Å². The summed E-state index contributed by atoms with van der Waals surface area (Å²) < 4.78 is 24.1. The highest BCUT2D eigenvalue weighted by molar-refractivity contribution is 5.94. The number of carbonyl (C=O) groups is 1. The third kappa shape index (κ3) is 4.71. The number of amides is 1. The smallest absolute Gasteiger partial charge is 0.251 e. The number of ether oxygens (including phenoxy) is 2. The van der Waals surface area contributed by atoms with Gasteiger partial charge in [0.2, 0.25) is 0 Å². The van der Waals surface area contributed by atoms with Gasteiger partial charge in [-0.05, 0) is 42.3 Å². The van der Waals surface area contributed by atoms with Gasteiger partial charge >= 0.3 is 0 Å². The summed E-state index contributed by atoms with van der Waals surface area (Å²) in [6.07, 6.45) is 0.873. The lowest BCUT2D eigenvalue weighted by Crippen LogP contribution is -2.23. The van der Waals surface area contributed by atoms with Crippen molar-refractivity contribution in [2.45, 2.75) is 20.0 Å². The molecule has 2 aromatic rings. The van der Waals surface area contributed by atoms with Crippen LogP contribution in [0.4, 0.5) is 4.39 Å². The Kier molecular flexibility index (Phi) is 5.97. The summed E-state index contributed by atoms with van der Waals surface area (Å²) in [5.41, 5.74) is 1.23. The number of hydrogen-bond acceptors (Lipinski definition) is 3. The van der Waals surface area contributed by atoms with Crippen molar-refractivity contribution in [1.82, 2.24) is 5.32 Å². The Morgan fingerprint density at radius 1 is 1.17 bits per heavy atom. The minimum absolute atomic E-state index is 0.151. The molecule has 0 aromatic heterocycles. The van der Waals surface area contributed by atoms with E-state index in [9.17, 15) is 9.18 Å². The second-order valence-electron chi connectivity index (χ2n) is 5.04. The summed E-state index contributed by atoms with van der Waals surface area (Å²) in [6, 6.07) is 11.2. The average molecular weight is 317 g/mol. The molecule has 0 fully saturated rings. The molecule has 0 aliphatic rings. The number of benzene rings is 2. The van der Waals surface area contributed by atoms with Gasteiger partial charge in [0.15, 0.2) is 11.5 Å². The van der Waals surface area contributed by atoms with E-state index >= 15 is 0 Å². The summed E-state index contributed by atoms with van der Waals surface area (Å²) in [7, 11) is 1.51. The molecule has 0 saturated carbocycles. The third-order valence-electron chi connectivity index (χ3n) is 3.24. The lowest BCUT2D eigenvalue weighted by molar-refractivity contribution is 0.0953. The van der Waals surface area contributed by atoms with Gasteiger partial charge in [0.05, 0.1) is 7.11 Å². The highest BCUT2D eigenvalue weighted by Crippen LogP contribution is 2.28. The summed E-state index contributed by atoms with van der Waals surface area (Å²) in [5.74, 6) is 0.511. The van der Waals surface area contributed by atoms with Gasteiger partial charge in [-0.25, -0.2) is 4.39 Å². The van der Waals surface area contributed by atoms with Crippen LogP contribution in [0.25, 0.3) is 0 Å². The van der Waals surface area contributed by atoms with Gasteiger partial charge in [-0.3, -0.25) is 4.79 Å². The van der Waals surface area contributed by atoms with Gasteiger partial charge in [0, 0.05) is 12.1 Å². The van der Waals surface area contributed by atoms with Crippen LogP contribution < -0.4 is 14.8 Å². The van der Waals surface area contributed by atoms with Crippen LogP contribution in [0.2, 0.25) is 0 Å². The number of carbonyl (C=O) groups excluding carboxylic acids is 1. The zero-order valence-corrected chi connectivity index (χ0v) is 13.3. The van der Waals surface area contributed by atoms with E-state index in [2.05, 4.69) is 5.32 Å². The fourth-order valence-electron chi connectivity index (χ4n) is 2.06. The van der Waals surface area contributed by atoms with E-state index in [-0.39, 0.29) is 18.3 Å². The Bertz CT molecular complexity index is 673. The first-order chi connectivity index (χ1) is 11.1. The van der Waals surface area contributed by atoms with E-state index in [0.717, 1.165) is 12.0 Å². The van der Waals surface area contributed by atoms with Gasteiger partial charge in [-0.1, -0.05) is 19.1 Å². The van der Waals surface area contributed by atoms with E-state index < -0.39 is 0 Å². The number of hydrogen-bond donors (Lipinski definition) is 1. The van der Waals surface area contributed by atoms with Crippen molar-refractivity contribution in [1.29, 1.82) is 0 Å². The summed E-state index contributed by atoms with van der Waals surface area (Å²) in [4.78, 5) is 12.0. The zero-order valence-electron chi connectivity index (χ0n) is 13.3. The molecule has 1 amide bonds. The van der Waals surface area contributed by atoms with Gasteiger partial charge in [-0.2, -0.15) is 0 Å². The molecule has 0 atom stereocenters. The first-order valence-electron chi connectivity index (χ1n) is 7.47. The Morgan fingerprint density at radius 3 is 2.70 bits per heavy atom. The summed E-state index contributed by atoms with van der Waals surface area (Å²) in [6.45, 7) is 2.83. The molecule has 1 N–H and O–H groups in total. The standard InChI is InChI=1S/C18H20FNO3/c1-3-9-20-18(21)14-7-8-16(17(11-14)22-2)23-12-13-5-4-6-15(19)10-13/h4-8,10-11H,3,9,12H2,1-2H3,(H,20,21). The molecule has 0 bridgehead atoms. The van der Waals surface area contributed by atoms with Crippen molar-refractivity contribution in [3.05, 3.63) is 59.4 Å². The lowest BCUT2D eigenvalue weighted by atomic mass is 10.2. The first-order valence-corrected chi connectivity index (χ1v) is 7.47. The molecule has 0 aliphatic heterocycles. The molecule has 23 heavy (non-hydrogen) atoms. The largest absolute Gasteiger partial charge is 0.493 e. The number of methoxy groups -OCH3 is 1. The minimum atomic E-state index is -0.305. The van der Waals surface area contributed by atoms with Crippen molar-refractivity contribution in [3.8, 4) is 11.5 Å². The predicted octanol–water partition coefficient (Wildman–Crippen LogP) is 3.55. The van der Waals surface area contributed by atoms with E-state index in [0.29, 0.717) is 23.6 Å². The highest BCUT2D eigenvalue weighted by Gasteiger charge is 2.11. The monoisotopic (exact) mass is 317 g/mol. The van der Waals surface area contributed by atoms with E-state index in [1.807, 2.05) is 6.92 Å². The quantitative estimate of drug-likeness (QED) is 0.849. The molecule has 2 rings (SSSR count). The molecule has 0 spiro atoms. The molecule has 0 radical (unpaired) electrons. The number of nitrogens with one attached hydrogen (secondary N) is 1. The molecule has 4 nitrogen and oxygen atoms in total. The van der Waals surface area contributed by atoms with Crippen LogP contribution in [0, 0.1) is 5.82 Å². The van der Waals surface area contributed by atoms with Gasteiger partial charge < -0.3 is 14.8 Å². The van der Waals surface area contributed by atoms with Crippen molar-refractivity contribution in [3.63, 3.8) is 0 Å². The van der Waals surface area contributed by atoms with Crippen LogP contribution in [0.5, 0.6) is 11.5 Å². The fraction of sp³-hybridized carbons (Fsp3) is 0.278. The maximum absolute atomic E-state index is 13.2. The van der Waals surface area contributed by atoms with Crippen molar-refractivity contribution >= 4 is 5.91 Å². The fourth-order valence-corrected chi connectivity index (χ4v) is 2.06. The number of halogens is 1. The Balaban J connectivity index is 2.08. The first kappa shape index (κ1) is 16.8. The van der Waals surface area contributed by atoms with Crippen LogP contribution in [0.15, 0.2) is 42.5 Å². The van der Waals surface area contributed by atoms with Gasteiger partial charge in [0.1, 0.15) is 12.4 Å². The molecule has 0 saturated heterocycles. The van der Waals surface area contributed by atoms with Crippen LogP contribution in [0.3, 0.4) is 0 Å². The average Bonchev–Trinajstić information content (AvgIpc) is 2.57. The third-order valence-corrected chi connectivity index (χ3v) is 3.24. The molecule has 0 unspecified atom stereocenters. The van der Waals surface area contributed by atoms with E-state index in [1.54, 1.807) is 30.3 Å². The second kappa shape index (κ2) is 8.17.